The van der Waals surface area contributed by atoms with Crippen LogP contribution >= 0.6 is 0 Å². The molecule has 0 unspecified atom stereocenters. The number of rotatable bonds is 6. The zero-order valence-electron chi connectivity index (χ0n) is 37.4. The van der Waals surface area contributed by atoms with E-state index in [1.54, 1.807) is 0 Å². The molecule has 15 aromatic rings. The summed E-state index contributed by atoms with van der Waals surface area (Å²) < 4.78 is 8.93. The van der Waals surface area contributed by atoms with Gasteiger partial charge in [-0.1, -0.05) is 182 Å². The summed E-state index contributed by atoms with van der Waals surface area (Å²) in [7, 11) is 0. The first kappa shape index (κ1) is 38.0. The molecule has 0 saturated carbocycles. The number of furan rings is 1. The molecule has 320 valence electrons. The van der Waals surface area contributed by atoms with Crippen LogP contribution in [0.3, 0.4) is 0 Å². The lowest BCUT2D eigenvalue weighted by molar-refractivity contribution is 0.670. The zero-order chi connectivity index (χ0) is 45.2. The molecule has 0 N–H and O–H groups in total. The van der Waals surface area contributed by atoms with Gasteiger partial charge in [-0.25, -0.2) is 0 Å². The number of para-hydroxylation sites is 4. The van der Waals surface area contributed by atoms with Crippen LogP contribution in [0.15, 0.2) is 247 Å². The van der Waals surface area contributed by atoms with Crippen molar-refractivity contribution in [3.8, 4) is 33.4 Å². The Morgan fingerprint density at radius 3 is 1.35 bits per heavy atom. The number of aromatic nitrogens is 1. The quantitative estimate of drug-likeness (QED) is 0.155. The lowest BCUT2D eigenvalue weighted by atomic mass is 9.92. The first-order valence-electron chi connectivity index (χ1n) is 23.7. The summed E-state index contributed by atoms with van der Waals surface area (Å²) in [5.41, 5.74) is 15.7. The predicted molar refractivity (Wildman–Crippen MR) is 292 cm³/mol. The Labute approximate surface area is 397 Å². The summed E-state index contributed by atoms with van der Waals surface area (Å²) in [6, 6.07) is 88.7. The van der Waals surface area contributed by atoms with Crippen LogP contribution in [0.1, 0.15) is 0 Å². The number of benzene rings is 12. The average Bonchev–Trinajstić information content (AvgIpc) is 4.09. The summed E-state index contributed by atoms with van der Waals surface area (Å²) >= 11 is 0. The van der Waals surface area contributed by atoms with Gasteiger partial charge in [0.2, 0.25) is 0 Å². The third-order valence-electron chi connectivity index (χ3n) is 14.7. The Kier molecular flexibility index (Phi) is 8.07. The number of nitrogens with zero attached hydrogens (tertiary/aromatic N) is 2. The van der Waals surface area contributed by atoms with Gasteiger partial charge in [0.15, 0.2) is 0 Å². The topological polar surface area (TPSA) is 20.8 Å². The number of hydrogen-bond donors (Lipinski definition) is 0. The van der Waals surface area contributed by atoms with E-state index in [1.807, 2.05) is 12.1 Å². The molecule has 15 rings (SSSR count). The molecule has 0 aliphatic heterocycles. The average molecular weight is 877 g/mol. The van der Waals surface area contributed by atoms with Crippen LogP contribution in [0.2, 0.25) is 0 Å². The highest BCUT2D eigenvalue weighted by molar-refractivity contribution is 6.26. The van der Waals surface area contributed by atoms with Crippen molar-refractivity contribution < 1.29 is 4.42 Å². The van der Waals surface area contributed by atoms with Gasteiger partial charge in [-0.05, 0) is 121 Å². The molecule has 12 aromatic carbocycles. The van der Waals surface area contributed by atoms with Crippen molar-refractivity contribution in [2.24, 2.45) is 0 Å². The first-order valence-corrected chi connectivity index (χ1v) is 23.7. The van der Waals surface area contributed by atoms with Crippen LogP contribution < -0.4 is 4.90 Å². The third-order valence-corrected chi connectivity index (χ3v) is 14.7. The molecule has 0 fully saturated rings. The van der Waals surface area contributed by atoms with Gasteiger partial charge in [0.1, 0.15) is 11.2 Å². The summed E-state index contributed by atoms with van der Waals surface area (Å²) in [6.45, 7) is 0. The predicted octanol–water partition coefficient (Wildman–Crippen LogP) is 18.7. The van der Waals surface area contributed by atoms with Gasteiger partial charge in [0, 0.05) is 54.9 Å². The Bertz CT molecular complexity index is 4480. The summed E-state index contributed by atoms with van der Waals surface area (Å²) in [5.74, 6) is 0. The molecule has 0 saturated heterocycles. The maximum absolute atomic E-state index is 6.47. The molecule has 0 spiro atoms. The van der Waals surface area contributed by atoms with E-state index in [-0.39, 0.29) is 0 Å². The Balaban J connectivity index is 0.835. The highest BCUT2D eigenvalue weighted by atomic mass is 16.3. The zero-order valence-corrected chi connectivity index (χ0v) is 37.4. The molecule has 3 nitrogen and oxygen atoms in total. The summed E-state index contributed by atoms with van der Waals surface area (Å²) in [4.78, 5) is 2.36. The third kappa shape index (κ3) is 5.68. The van der Waals surface area contributed by atoms with Crippen molar-refractivity contribution in [3.63, 3.8) is 0 Å². The van der Waals surface area contributed by atoms with Gasteiger partial charge in [-0.15, -0.1) is 0 Å². The van der Waals surface area contributed by atoms with E-state index < -0.39 is 0 Å². The molecule has 69 heavy (non-hydrogen) atoms. The Morgan fingerprint density at radius 1 is 0.275 bits per heavy atom. The van der Waals surface area contributed by atoms with Crippen molar-refractivity contribution in [1.29, 1.82) is 0 Å². The van der Waals surface area contributed by atoms with E-state index in [2.05, 4.69) is 240 Å². The highest BCUT2D eigenvalue weighted by Crippen LogP contribution is 2.44. The minimum absolute atomic E-state index is 0.903. The lowest BCUT2D eigenvalue weighted by Crippen LogP contribution is -2.09. The maximum atomic E-state index is 6.47. The second-order valence-corrected chi connectivity index (χ2v) is 18.4. The van der Waals surface area contributed by atoms with Crippen molar-refractivity contribution in [2.45, 2.75) is 0 Å². The van der Waals surface area contributed by atoms with Crippen LogP contribution in [-0.2, 0) is 0 Å². The van der Waals surface area contributed by atoms with Crippen molar-refractivity contribution in [1.82, 2.24) is 4.40 Å². The molecular formula is C66H40N2O. The minimum atomic E-state index is 0.903. The van der Waals surface area contributed by atoms with Crippen LogP contribution in [0, 0.1) is 0 Å². The normalized spacial score (nSPS) is 12.1. The maximum Gasteiger partial charge on any atom is 0.143 e. The van der Waals surface area contributed by atoms with Crippen molar-refractivity contribution in [2.75, 3.05) is 4.90 Å². The van der Waals surface area contributed by atoms with Crippen molar-refractivity contribution >= 4 is 109 Å². The van der Waals surface area contributed by atoms with Gasteiger partial charge in [-0.3, -0.25) is 0 Å². The van der Waals surface area contributed by atoms with E-state index >= 15 is 0 Å². The van der Waals surface area contributed by atoms with Gasteiger partial charge < -0.3 is 13.7 Å². The minimum Gasteiger partial charge on any atom is -0.455 e. The Morgan fingerprint density at radius 2 is 0.710 bits per heavy atom. The molecule has 0 atom stereocenters. The summed E-state index contributed by atoms with van der Waals surface area (Å²) in [6.07, 6.45) is 0. The fourth-order valence-corrected chi connectivity index (χ4v) is 11.5. The van der Waals surface area contributed by atoms with Crippen LogP contribution in [-0.4, -0.2) is 4.40 Å². The van der Waals surface area contributed by atoms with Crippen LogP contribution in [0.4, 0.5) is 17.1 Å². The molecule has 3 aromatic heterocycles. The molecule has 3 heteroatoms. The van der Waals surface area contributed by atoms with E-state index in [9.17, 15) is 0 Å². The molecule has 0 aliphatic carbocycles. The van der Waals surface area contributed by atoms with E-state index in [0.717, 1.165) is 50.1 Å². The number of anilines is 3. The first-order chi connectivity index (χ1) is 34.2. The van der Waals surface area contributed by atoms with E-state index in [0.29, 0.717) is 0 Å². The van der Waals surface area contributed by atoms with E-state index in [1.165, 1.54) is 92.7 Å². The van der Waals surface area contributed by atoms with Crippen LogP contribution in [0.25, 0.3) is 126 Å². The van der Waals surface area contributed by atoms with Gasteiger partial charge in [-0.2, -0.15) is 0 Å². The van der Waals surface area contributed by atoms with Crippen LogP contribution in [0.5, 0.6) is 0 Å². The van der Waals surface area contributed by atoms with Gasteiger partial charge in [0.05, 0.1) is 16.6 Å². The molecule has 0 amide bonds. The molecule has 0 aliphatic rings. The second kappa shape index (κ2) is 14.7. The van der Waals surface area contributed by atoms with Gasteiger partial charge >= 0.3 is 0 Å². The summed E-state index contributed by atoms with van der Waals surface area (Å²) in [5, 5.41) is 15.1. The van der Waals surface area contributed by atoms with Crippen molar-refractivity contribution in [3.05, 3.63) is 243 Å². The second-order valence-electron chi connectivity index (χ2n) is 18.4. The molecule has 0 radical (unpaired) electrons. The fraction of sp³-hybridized carbons (Fsp3) is 0. The van der Waals surface area contributed by atoms with E-state index in [4.69, 9.17) is 4.42 Å². The number of hydrogen-bond acceptors (Lipinski definition) is 2. The largest absolute Gasteiger partial charge is 0.455 e. The smallest absolute Gasteiger partial charge is 0.143 e. The monoisotopic (exact) mass is 876 g/mol. The lowest BCUT2D eigenvalue weighted by Gasteiger charge is -2.26. The molecular weight excluding hydrogens is 837 g/mol. The standard InChI is InChI=1S/C66H40N2O/c1-2-13-52-50(11-1)51-12-3-4-14-53(51)61-39-44(29-37-54(52)61)41-23-31-46(32-24-41)67(48-35-27-43(28-36-48)49-17-9-20-60-57-16-6-8-22-64(57)69-66(49)60)47-33-25-42(26-34-47)45-30-38-56-59-19-10-18-58-55-15-5-7-21-62(55)68(65(58)59)63(56)40-45/h1-40H. The highest BCUT2D eigenvalue weighted by Gasteiger charge is 2.20. The number of fused-ring (bicyclic) bond motifs is 15. The molecule has 3 heterocycles. The molecule has 0 bridgehead atoms. The SMILES string of the molecule is c1ccc2c(c1)oc1c(-c3ccc(N(c4ccc(-c5ccc6c7ccccc7c7ccccc7c6c5)cc4)c4ccc(-c5ccc6c7cccc8c9ccccc9n(c6c5)c87)cc4)cc3)cccc12. The fourth-order valence-electron chi connectivity index (χ4n) is 11.5. The van der Waals surface area contributed by atoms with Gasteiger partial charge in [0.25, 0.3) is 0 Å². The Hall–Kier alpha value is -9.18.